The van der Waals surface area contributed by atoms with Gasteiger partial charge in [-0.05, 0) is 25.1 Å². The van der Waals surface area contributed by atoms with Crippen LogP contribution >= 0.6 is 0 Å². The molecule has 4 aromatic rings. The highest BCUT2D eigenvalue weighted by Crippen LogP contribution is 2.35. The quantitative estimate of drug-likeness (QED) is 0.320. The Morgan fingerprint density at radius 2 is 1.93 bits per heavy atom. The molecular formula is C24H21F5N6O5S. The van der Waals surface area contributed by atoms with Crippen molar-refractivity contribution in [1.82, 2.24) is 29.4 Å². The molecular weight excluding hydrogens is 579 g/mol. The van der Waals surface area contributed by atoms with Gasteiger partial charge < -0.3 is 14.5 Å². The molecule has 1 fully saturated rings. The van der Waals surface area contributed by atoms with Gasteiger partial charge in [0.1, 0.15) is 29.3 Å². The van der Waals surface area contributed by atoms with E-state index < -0.39 is 63.5 Å². The number of sulfonamides is 1. The fourth-order valence-corrected chi connectivity index (χ4v) is 6.26. The van der Waals surface area contributed by atoms with Crippen molar-refractivity contribution in [2.75, 3.05) is 7.11 Å². The zero-order chi connectivity index (χ0) is 29.7. The van der Waals surface area contributed by atoms with Crippen molar-refractivity contribution >= 4 is 26.9 Å². The van der Waals surface area contributed by atoms with Crippen molar-refractivity contribution in [2.45, 2.75) is 49.4 Å². The van der Waals surface area contributed by atoms with E-state index in [-0.39, 0.29) is 34.6 Å². The molecule has 3 aromatic heterocycles. The maximum atomic E-state index is 14.8. The lowest BCUT2D eigenvalue weighted by Crippen LogP contribution is -2.48. The number of nitrogens with one attached hydrogen (secondary N) is 1. The van der Waals surface area contributed by atoms with E-state index in [9.17, 15) is 35.2 Å². The summed E-state index contributed by atoms with van der Waals surface area (Å²) >= 11 is 0. The predicted molar refractivity (Wildman–Crippen MR) is 131 cm³/mol. The average molecular weight is 601 g/mol. The highest BCUT2D eigenvalue weighted by atomic mass is 32.2. The minimum atomic E-state index is -4.73. The van der Waals surface area contributed by atoms with Gasteiger partial charge in [0.15, 0.2) is 0 Å². The van der Waals surface area contributed by atoms with Crippen LogP contribution in [0.1, 0.15) is 24.7 Å². The number of carbonyl (C=O) groups excluding carboxylic acids is 1. The monoisotopic (exact) mass is 600 g/mol. The third-order valence-corrected chi connectivity index (χ3v) is 8.38. The SMILES string of the molecule is COc1nn(-c2cnc(C(F)(F)F)nc2)cc1CNC(=O)C1CC(F)C(C)N1S(=O)(=O)c1cc2cc(F)ccc2o1. The summed E-state index contributed by atoms with van der Waals surface area (Å²) in [6.45, 7) is 1.07. The number of carbonyl (C=O) groups is 1. The molecule has 1 aromatic carbocycles. The molecule has 0 bridgehead atoms. The fourth-order valence-electron chi connectivity index (χ4n) is 4.49. The summed E-state index contributed by atoms with van der Waals surface area (Å²) in [5.74, 6) is -2.76. The van der Waals surface area contributed by atoms with Gasteiger partial charge >= 0.3 is 6.18 Å². The van der Waals surface area contributed by atoms with Gasteiger partial charge in [-0.15, -0.1) is 5.10 Å². The molecule has 0 spiro atoms. The lowest BCUT2D eigenvalue weighted by atomic mass is 10.1. The average Bonchev–Trinajstić information content (AvgIpc) is 3.62. The van der Waals surface area contributed by atoms with Gasteiger partial charge in [0.2, 0.25) is 22.7 Å². The largest absolute Gasteiger partial charge is 0.480 e. The summed E-state index contributed by atoms with van der Waals surface area (Å²) in [7, 11) is -3.24. The van der Waals surface area contributed by atoms with Gasteiger partial charge in [0, 0.05) is 30.6 Å². The number of amides is 1. The number of rotatable bonds is 7. The first-order valence-electron chi connectivity index (χ1n) is 12.0. The van der Waals surface area contributed by atoms with E-state index in [0.717, 1.165) is 39.6 Å². The summed E-state index contributed by atoms with van der Waals surface area (Å²) in [4.78, 5) is 19.7. The molecule has 0 radical (unpaired) electrons. The Bertz CT molecular complexity index is 1710. The van der Waals surface area contributed by atoms with Crippen molar-refractivity contribution in [3.63, 3.8) is 0 Å². The summed E-state index contributed by atoms with van der Waals surface area (Å²) < 4.78 is 106. The summed E-state index contributed by atoms with van der Waals surface area (Å²) in [6, 6.07) is 1.87. The topological polar surface area (TPSA) is 132 Å². The summed E-state index contributed by atoms with van der Waals surface area (Å²) in [5.41, 5.74) is 0.441. The van der Waals surface area contributed by atoms with Crippen LogP contribution in [0.2, 0.25) is 0 Å². The summed E-state index contributed by atoms with van der Waals surface area (Å²) in [5, 5.41) is 6.23. The first-order valence-corrected chi connectivity index (χ1v) is 13.4. The molecule has 1 saturated heterocycles. The van der Waals surface area contributed by atoms with Crippen LogP contribution in [-0.4, -0.2) is 63.7 Å². The van der Waals surface area contributed by atoms with Crippen LogP contribution < -0.4 is 10.1 Å². The van der Waals surface area contributed by atoms with E-state index in [1.165, 1.54) is 26.3 Å². The molecule has 17 heteroatoms. The molecule has 3 atom stereocenters. The van der Waals surface area contributed by atoms with E-state index in [0.29, 0.717) is 0 Å². The smallest absolute Gasteiger partial charge is 0.451 e. The zero-order valence-electron chi connectivity index (χ0n) is 21.3. The molecule has 5 rings (SSSR count). The van der Waals surface area contributed by atoms with Crippen LogP contribution in [0.15, 0.2) is 52.4 Å². The first-order chi connectivity index (χ1) is 19.3. The second-order valence-corrected chi connectivity index (χ2v) is 11.0. The number of alkyl halides is 4. The van der Waals surface area contributed by atoms with Crippen LogP contribution in [0.4, 0.5) is 22.0 Å². The van der Waals surface area contributed by atoms with Crippen molar-refractivity contribution < 1.29 is 44.3 Å². The second-order valence-electron chi connectivity index (χ2n) is 9.18. The molecule has 11 nitrogen and oxygen atoms in total. The Morgan fingerprint density at radius 1 is 1.22 bits per heavy atom. The Morgan fingerprint density at radius 3 is 2.59 bits per heavy atom. The van der Waals surface area contributed by atoms with Gasteiger partial charge in [-0.2, -0.15) is 17.5 Å². The Kier molecular flexibility index (Phi) is 7.19. The highest BCUT2D eigenvalue weighted by Gasteiger charge is 2.50. The number of hydrogen-bond donors (Lipinski definition) is 1. The third kappa shape index (κ3) is 5.33. The molecule has 218 valence electrons. The van der Waals surface area contributed by atoms with Crippen molar-refractivity contribution in [3.05, 3.63) is 60.1 Å². The van der Waals surface area contributed by atoms with Crippen LogP contribution in [0.25, 0.3) is 16.7 Å². The number of hydrogen-bond acceptors (Lipinski definition) is 8. The molecule has 4 heterocycles. The Labute approximate surface area is 229 Å². The lowest BCUT2D eigenvalue weighted by Gasteiger charge is -2.25. The van der Waals surface area contributed by atoms with Crippen LogP contribution in [0.3, 0.4) is 0 Å². The predicted octanol–water partition coefficient (Wildman–Crippen LogP) is 3.38. The summed E-state index contributed by atoms with van der Waals surface area (Å²) in [6.07, 6.45) is -3.67. The van der Waals surface area contributed by atoms with Gasteiger partial charge in [0.25, 0.3) is 10.0 Å². The second kappa shape index (κ2) is 10.4. The number of methoxy groups -OCH3 is 1. The number of ether oxygens (including phenoxy) is 1. The van der Waals surface area contributed by atoms with Gasteiger partial charge in [0.05, 0.1) is 31.1 Å². The lowest BCUT2D eigenvalue weighted by molar-refractivity contribution is -0.145. The first kappa shape index (κ1) is 28.4. The molecule has 1 aliphatic rings. The number of benzene rings is 1. The number of furan rings is 1. The molecule has 41 heavy (non-hydrogen) atoms. The van der Waals surface area contributed by atoms with E-state index in [1.54, 1.807) is 0 Å². The normalized spacial score (nSPS) is 20.0. The number of halogens is 5. The molecule has 1 aliphatic heterocycles. The van der Waals surface area contributed by atoms with Gasteiger partial charge in [-0.3, -0.25) is 4.79 Å². The standard InChI is InChI=1S/C24H21F5N6O5S/c1-12-17(26)7-18(35(12)41(37,38)20-6-13-5-15(25)3-4-19(13)40-20)21(36)30-8-14-11-34(33-22(14)39-2)16-9-31-23(32-10-16)24(27,28)29/h3-6,9-12,17-18H,7-8H2,1-2H3,(H,30,36). The molecule has 3 unspecified atom stereocenters. The zero-order valence-corrected chi connectivity index (χ0v) is 22.1. The molecule has 0 aliphatic carbocycles. The third-order valence-electron chi connectivity index (χ3n) is 6.52. The minimum absolute atomic E-state index is 0.00680. The Hall–Kier alpha value is -4.12. The maximum Gasteiger partial charge on any atom is 0.451 e. The Balaban J connectivity index is 1.36. The molecule has 0 saturated carbocycles. The number of nitrogens with zero attached hydrogens (tertiary/aromatic N) is 5. The van der Waals surface area contributed by atoms with Crippen molar-refractivity contribution in [3.8, 4) is 11.6 Å². The van der Waals surface area contributed by atoms with Crippen LogP contribution in [0, 0.1) is 5.82 Å². The molecule has 1 N–H and O–H groups in total. The minimum Gasteiger partial charge on any atom is -0.480 e. The van der Waals surface area contributed by atoms with Crippen LogP contribution in [0.5, 0.6) is 5.88 Å². The fraction of sp³-hybridized carbons (Fsp3) is 0.333. The highest BCUT2D eigenvalue weighted by molar-refractivity contribution is 7.89. The molecule has 1 amide bonds. The van der Waals surface area contributed by atoms with Gasteiger partial charge in [-0.1, -0.05) is 0 Å². The number of fused-ring (bicyclic) bond motifs is 1. The maximum absolute atomic E-state index is 14.8. The van der Waals surface area contributed by atoms with Crippen molar-refractivity contribution in [1.29, 1.82) is 0 Å². The van der Waals surface area contributed by atoms with Crippen LogP contribution in [-0.2, 0) is 27.5 Å². The van der Waals surface area contributed by atoms with E-state index >= 15 is 0 Å². The van der Waals surface area contributed by atoms with Gasteiger partial charge in [-0.25, -0.2) is 31.8 Å². The number of aromatic nitrogens is 4. The van der Waals surface area contributed by atoms with E-state index in [4.69, 9.17) is 9.15 Å². The van der Waals surface area contributed by atoms with Crippen molar-refractivity contribution in [2.24, 2.45) is 0 Å². The van der Waals surface area contributed by atoms with E-state index in [2.05, 4.69) is 20.4 Å². The van der Waals surface area contributed by atoms with E-state index in [1.807, 2.05) is 0 Å².